The number of hydrogen-bond acceptors (Lipinski definition) is 3. The molecule has 0 bridgehead atoms. The highest BCUT2D eigenvalue weighted by Gasteiger charge is 2.08. The van der Waals surface area contributed by atoms with Crippen LogP contribution < -0.4 is 4.74 Å². The van der Waals surface area contributed by atoms with E-state index in [0.29, 0.717) is 12.5 Å². The molecule has 1 aromatic heterocycles. The summed E-state index contributed by atoms with van der Waals surface area (Å²) < 4.78 is 11.3. The lowest BCUT2D eigenvalue weighted by molar-refractivity contribution is 0.298. The standard InChI is InChI=1S/C18H17NO2/c1-13-7-6-10-17(14(13)2)20-11-16-12-21-18(19-16)15-8-4-3-5-9-15/h3-10,12H,11H2,1-2H3. The third-order valence-corrected chi connectivity index (χ3v) is 3.50. The Morgan fingerprint density at radius 1 is 1.00 bits per heavy atom. The van der Waals surface area contributed by atoms with Crippen molar-refractivity contribution in [1.82, 2.24) is 4.98 Å². The Hall–Kier alpha value is -2.55. The van der Waals surface area contributed by atoms with Crippen LogP contribution in [-0.4, -0.2) is 4.98 Å². The molecule has 3 rings (SSSR count). The van der Waals surface area contributed by atoms with E-state index in [1.807, 2.05) is 42.5 Å². The zero-order valence-electron chi connectivity index (χ0n) is 12.2. The highest BCUT2D eigenvalue weighted by atomic mass is 16.5. The van der Waals surface area contributed by atoms with Gasteiger partial charge >= 0.3 is 0 Å². The van der Waals surface area contributed by atoms with Crippen molar-refractivity contribution in [2.45, 2.75) is 20.5 Å². The van der Waals surface area contributed by atoms with Crippen molar-refractivity contribution in [3.8, 4) is 17.2 Å². The lowest BCUT2D eigenvalue weighted by Crippen LogP contribution is -1.98. The van der Waals surface area contributed by atoms with E-state index in [1.54, 1.807) is 6.26 Å². The monoisotopic (exact) mass is 279 g/mol. The molecule has 0 aliphatic carbocycles. The quantitative estimate of drug-likeness (QED) is 0.703. The van der Waals surface area contributed by atoms with Gasteiger partial charge in [-0.05, 0) is 43.2 Å². The third kappa shape index (κ3) is 2.97. The van der Waals surface area contributed by atoms with Gasteiger partial charge in [0.2, 0.25) is 5.89 Å². The number of hydrogen-bond donors (Lipinski definition) is 0. The molecule has 2 aromatic carbocycles. The van der Waals surface area contributed by atoms with Crippen molar-refractivity contribution in [2.24, 2.45) is 0 Å². The minimum atomic E-state index is 0.403. The SMILES string of the molecule is Cc1cccc(OCc2coc(-c3ccccc3)n2)c1C. The predicted molar refractivity (Wildman–Crippen MR) is 82.2 cm³/mol. The number of ether oxygens (including phenoxy) is 1. The fraction of sp³-hybridized carbons (Fsp3) is 0.167. The molecule has 0 unspecified atom stereocenters. The summed E-state index contributed by atoms with van der Waals surface area (Å²) in [6.07, 6.45) is 1.65. The molecule has 0 aliphatic rings. The molecule has 0 fully saturated rings. The lowest BCUT2D eigenvalue weighted by atomic mass is 10.1. The first-order valence-electron chi connectivity index (χ1n) is 6.93. The minimum Gasteiger partial charge on any atom is -0.487 e. The molecule has 0 N–H and O–H groups in total. The van der Waals surface area contributed by atoms with Gasteiger partial charge in [0.05, 0.1) is 0 Å². The van der Waals surface area contributed by atoms with E-state index < -0.39 is 0 Å². The summed E-state index contributed by atoms with van der Waals surface area (Å²) in [5.41, 5.74) is 4.13. The lowest BCUT2D eigenvalue weighted by Gasteiger charge is -2.09. The Morgan fingerprint density at radius 3 is 2.62 bits per heavy atom. The number of benzene rings is 2. The van der Waals surface area contributed by atoms with Gasteiger partial charge in [-0.2, -0.15) is 0 Å². The number of aromatic nitrogens is 1. The Morgan fingerprint density at radius 2 is 1.81 bits per heavy atom. The van der Waals surface area contributed by atoms with Gasteiger partial charge in [0.1, 0.15) is 24.3 Å². The van der Waals surface area contributed by atoms with Gasteiger partial charge in [-0.25, -0.2) is 4.98 Å². The Kier molecular flexibility index (Phi) is 3.73. The number of rotatable bonds is 4. The van der Waals surface area contributed by atoms with Crippen LogP contribution >= 0.6 is 0 Å². The van der Waals surface area contributed by atoms with Crippen LogP contribution in [0.4, 0.5) is 0 Å². The fourth-order valence-corrected chi connectivity index (χ4v) is 2.12. The highest BCUT2D eigenvalue weighted by molar-refractivity contribution is 5.52. The second kappa shape index (κ2) is 5.83. The van der Waals surface area contributed by atoms with Crippen molar-refractivity contribution >= 4 is 0 Å². The summed E-state index contributed by atoms with van der Waals surface area (Å²) in [5.74, 6) is 1.51. The van der Waals surface area contributed by atoms with Crippen molar-refractivity contribution in [2.75, 3.05) is 0 Å². The van der Waals surface area contributed by atoms with Crippen LogP contribution in [0.3, 0.4) is 0 Å². The molecule has 0 saturated heterocycles. The van der Waals surface area contributed by atoms with Crippen LogP contribution in [-0.2, 0) is 6.61 Å². The second-order valence-electron chi connectivity index (χ2n) is 5.00. The van der Waals surface area contributed by atoms with Crippen LogP contribution in [0.5, 0.6) is 5.75 Å². The summed E-state index contributed by atoms with van der Waals surface area (Å²) in [5, 5.41) is 0. The van der Waals surface area contributed by atoms with E-state index in [0.717, 1.165) is 22.6 Å². The Bertz CT molecular complexity index is 732. The van der Waals surface area contributed by atoms with E-state index >= 15 is 0 Å². The number of nitrogens with zero attached hydrogens (tertiary/aromatic N) is 1. The van der Waals surface area contributed by atoms with Crippen LogP contribution in [0.1, 0.15) is 16.8 Å². The highest BCUT2D eigenvalue weighted by Crippen LogP contribution is 2.23. The molecule has 0 atom stereocenters. The molecule has 3 nitrogen and oxygen atoms in total. The van der Waals surface area contributed by atoms with Crippen LogP contribution in [0, 0.1) is 13.8 Å². The second-order valence-corrected chi connectivity index (χ2v) is 5.00. The maximum absolute atomic E-state index is 5.83. The van der Waals surface area contributed by atoms with Crippen molar-refractivity contribution in [3.63, 3.8) is 0 Å². The molecule has 3 aromatic rings. The van der Waals surface area contributed by atoms with Crippen LogP contribution in [0.15, 0.2) is 59.2 Å². The molecule has 1 heterocycles. The minimum absolute atomic E-state index is 0.403. The van der Waals surface area contributed by atoms with E-state index in [2.05, 4.69) is 24.9 Å². The molecule has 0 saturated carbocycles. The molecule has 0 aliphatic heterocycles. The summed E-state index contributed by atoms with van der Waals surface area (Å²) in [6.45, 7) is 4.54. The largest absolute Gasteiger partial charge is 0.487 e. The summed E-state index contributed by atoms with van der Waals surface area (Å²) >= 11 is 0. The van der Waals surface area contributed by atoms with Gasteiger partial charge in [0.25, 0.3) is 0 Å². The Labute approximate surface area is 124 Å². The fourth-order valence-electron chi connectivity index (χ4n) is 2.12. The van der Waals surface area contributed by atoms with Gasteiger partial charge in [-0.3, -0.25) is 0 Å². The van der Waals surface area contributed by atoms with Gasteiger partial charge in [0.15, 0.2) is 0 Å². The molecular formula is C18H17NO2. The van der Waals surface area contributed by atoms with Crippen LogP contribution in [0.25, 0.3) is 11.5 Å². The maximum Gasteiger partial charge on any atom is 0.226 e. The Balaban J connectivity index is 1.72. The van der Waals surface area contributed by atoms with Gasteiger partial charge in [-0.1, -0.05) is 30.3 Å². The first kappa shape index (κ1) is 13.4. The van der Waals surface area contributed by atoms with Crippen molar-refractivity contribution in [1.29, 1.82) is 0 Å². The van der Waals surface area contributed by atoms with Crippen molar-refractivity contribution in [3.05, 3.63) is 71.6 Å². The average Bonchev–Trinajstić information content (AvgIpc) is 2.99. The number of oxazole rings is 1. The van der Waals surface area contributed by atoms with Crippen LogP contribution in [0.2, 0.25) is 0 Å². The zero-order valence-corrected chi connectivity index (χ0v) is 12.2. The average molecular weight is 279 g/mol. The normalized spacial score (nSPS) is 10.6. The molecule has 0 radical (unpaired) electrons. The van der Waals surface area contributed by atoms with E-state index in [-0.39, 0.29) is 0 Å². The third-order valence-electron chi connectivity index (χ3n) is 3.50. The summed E-state index contributed by atoms with van der Waals surface area (Å²) in [7, 11) is 0. The number of aryl methyl sites for hydroxylation is 1. The molecule has 0 spiro atoms. The van der Waals surface area contributed by atoms with E-state index in [9.17, 15) is 0 Å². The van der Waals surface area contributed by atoms with Gasteiger partial charge in [-0.15, -0.1) is 0 Å². The smallest absolute Gasteiger partial charge is 0.226 e. The first-order chi connectivity index (χ1) is 10.2. The van der Waals surface area contributed by atoms with E-state index in [4.69, 9.17) is 9.15 Å². The molecule has 0 amide bonds. The van der Waals surface area contributed by atoms with E-state index in [1.165, 1.54) is 5.56 Å². The molecule has 21 heavy (non-hydrogen) atoms. The summed E-state index contributed by atoms with van der Waals surface area (Å²) in [4.78, 5) is 4.46. The molecule has 3 heteroatoms. The molecule has 106 valence electrons. The maximum atomic E-state index is 5.83. The van der Waals surface area contributed by atoms with Crippen molar-refractivity contribution < 1.29 is 9.15 Å². The topological polar surface area (TPSA) is 35.3 Å². The predicted octanol–water partition coefficient (Wildman–Crippen LogP) is 4.54. The van der Waals surface area contributed by atoms with Gasteiger partial charge in [0, 0.05) is 5.56 Å². The van der Waals surface area contributed by atoms with Gasteiger partial charge < -0.3 is 9.15 Å². The zero-order chi connectivity index (χ0) is 14.7. The first-order valence-corrected chi connectivity index (χ1v) is 6.93. The summed E-state index contributed by atoms with van der Waals surface area (Å²) in [6, 6.07) is 15.9. The molecular weight excluding hydrogens is 262 g/mol.